The van der Waals surface area contributed by atoms with E-state index in [1.54, 1.807) is 0 Å². The number of ether oxygens (including phenoxy) is 1. The third-order valence-corrected chi connectivity index (χ3v) is 7.09. The van der Waals surface area contributed by atoms with Crippen molar-refractivity contribution < 1.29 is 40.7 Å². The molecule has 4 rings (SSSR count). The van der Waals surface area contributed by atoms with Crippen LogP contribution in [0.15, 0.2) is 55.0 Å². The number of methoxy groups -OCH3 is 1. The standard InChI is InChI=1S/C27H27F6N5O3/c1-37(24(39)17-5-7-18(8-6-17)25(40)41-2)22(26(28,29)30)16-9-11-19(12-10-16)36-21-15-35-38(23(21)27(31,32)33)20-4-3-13-34-14-20/h3-4,9-15,17-18,22,36H,5-8H2,1-2H3/t17?,18?,22-/m0/s1. The van der Waals surface area contributed by atoms with Gasteiger partial charge in [0.05, 0.1) is 36.8 Å². The summed E-state index contributed by atoms with van der Waals surface area (Å²) in [6.45, 7) is 0. The number of nitrogens with zero attached hydrogens (tertiary/aromatic N) is 4. The maximum Gasteiger partial charge on any atom is 0.435 e. The van der Waals surface area contributed by atoms with E-state index in [4.69, 9.17) is 4.74 Å². The van der Waals surface area contributed by atoms with Crippen LogP contribution < -0.4 is 5.32 Å². The summed E-state index contributed by atoms with van der Waals surface area (Å²) >= 11 is 0. The SMILES string of the molecule is COC(=O)C1CCC(C(=O)N(C)[C@@H](c2ccc(Nc3cnn(-c4cccnc4)c3C(F)(F)F)cc2)C(F)(F)F)CC1. The molecule has 1 N–H and O–H groups in total. The number of nitrogens with one attached hydrogen (secondary N) is 1. The fourth-order valence-corrected chi connectivity index (χ4v) is 5.08. The zero-order valence-corrected chi connectivity index (χ0v) is 22.0. The molecule has 8 nitrogen and oxygen atoms in total. The molecule has 1 fully saturated rings. The average molecular weight is 584 g/mol. The van der Waals surface area contributed by atoms with Gasteiger partial charge in [-0.25, -0.2) is 4.68 Å². The molecule has 1 aliphatic carbocycles. The van der Waals surface area contributed by atoms with Gasteiger partial charge >= 0.3 is 18.3 Å². The monoisotopic (exact) mass is 583 g/mol. The molecule has 3 aromatic rings. The van der Waals surface area contributed by atoms with Crippen molar-refractivity contribution in [2.45, 2.75) is 44.1 Å². The van der Waals surface area contributed by atoms with Crippen LogP contribution in [0, 0.1) is 11.8 Å². The summed E-state index contributed by atoms with van der Waals surface area (Å²) in [5.41, 5.74) is -1.63. The first-order chi connectivity index (χ1) is 19.3. The van der Waals surface area contributed by atoms with E-state index in [1.807, 2.05) is 0 Å². The first-order valence-electron chi connectivity index (χ1n) is 12.6. The van der Waals surface area contributed by atoms with Gasteiger partial charge in [0.15, 0.2) is 11.7 Å². The van der Waals surface area contributed by atoms with E-state index in [9.17, 15) is 35.9 Å². The highest BCUT2D eigenvalue weighted by molar-refractivity contribution is 5.80. The molecule has 1 saturated carbocycles. The second-order valence-electron chi connectivity index (χ2n) is 9.74. The molecule has 0 aliphatic heterocycles. The van der Waals surface area contributed by atoms with Crippen molar-refractivity contribution in [2.24, 2.45) is 11.8 Å². The summed E-state index contributed by atoms with van der Waals surface area (Å²) in [7, 11) is 2.33. The molecule has 1 atom stereocenters. The molecule has 1 amide bonds. The van der Waals surface area contributed by atoms with Crippen LogP contribution in [-0.2, 0) is 20.5 Å². The highest BCUT2D eigenvalue weighted by Crippen LogP contribution is 2.41. The molecule has 0 radical (unpaired) electrons. The van der Waals surface area contributed by atoms with Crippen LogP contribution in [0.4, 0.5) is 37.7 Å². The topological polar surface area (TPSA) is 89.4 Å². The molecule has 0 bridgehead atoms. The van der Waals surface area contributed by atoms with E-state index >= 15 is 0 Å². The van der Waals surface area contributed by atoms with Crippen molar-refractivity contribution in [3.05, 3.63) is 66.2 Å². The number of anilines is 2. The normalized spacial score (nSPS) is 18.4. The molecular weight excluding hydrogens is 556 g/mol. The fourth-order valence-electron chi connectivity index (χ4n) is 5.08. The third kappa shape index (κ3) is 6.63. The Kier molecular flexibility index (Phi) is 8.59. The largest absolute Gasteiger partial charge is 0.469 e. The Morgan fingerprint density at radius 2 is 1.63 bits per heavy atom. The number of carbonyl (C=O) groups excluding carboxylic acids is 2. The van der Waals surface area contributed by atoms with E-state index in [-0.39, 0.29) is 35.7 Å². The van der Waals surface area contributed by atoms with Crippen molar-refractivity contribution in [3.63, 3.8) is 0 Å². The average Bonchev–Trinajstić information content (AvgIpc) is 3.37. The second-order valence-corrected chi connectivity index (χ2v) is 9.74. The summed E-state index contributed by atoms with van der Waals surface area (Å²) in [5.74, 6) is -2.17. The van der Waals surface area contributed by atoms with Gasteiger partial charge in [-0.1, -0.05) is 12.1 Å². The van der Waals surface area contributed by atoms with Gasteiger partial charge in [-0.3, -0.25) is 14.6 Å². The van der Waals surface area contributed by atoms with Crippen molar-refractivity contribution in [1.82, 2.24) is 19.7 Å². The van der Waals surface area contributed by atoms with Crippen molar-refractivity contribution >= 4 is 23.3 Å². The number of carbonyl (C=O) groups is 2. The van der Waals surface area contributed by atoms with E-state index in [2.05, 4.69) is 15.4 Å². The summed E-state index contributed by atoms with van der Waals surface area (Å²) in [5, 5.41) is 6.38. The van der Waals surface area contributed by atoms with Crippen LogP contribution in [0.1, 0.15) is 43.0 Å². The lowest BCUT2D eigenvalue weighted by atomic mass is 9.81. The summed E-state index contributed by atoms with van der Waals surface area (Å²) < 4.78 is 89.7. The molecule has 220 valence electrons. The lowest BCUT2D eigenvalue weighted by Crippen LogP contribution is -2.43. The molecule has 2 heterocycles. The zero-order chi connectivity index (χ0) is 29.9. The number of amides is 1. The van der Waals surface area contributed by atoms with Gasteiger partial charge in [0.2, 0.25) is 5.91 Å². The predicted octanol–water partition coefficient (Wildman–Crippen LogP) is 6.07. The Hall–Kier alpha value is -4.10. The number of halogens is 6. The van der Waals surface area contributed by atoms with Crippen molar-refractivity contribution in [1.29, 1.82) is 0 Å². The lowest BCUT2D eigenvalue weighted by Gasteiger charge is -2.35. The first kappa shape index (κ1) is 29.9. The molecule has 1 aliphatic rings. The minimum atomic E-state index is -4.82. The number of pyridine rings is 1. The van der Waals surface area contributed by atoms with Gasteiger partial charge < -0.3 is 15.0 Å². The molecule has 2 aromatic heterocycles. The summed E-state index contributed by atoms with van der Waals surface area (Å²) in [6, 6.07) is 5.20. The molecule has 14 heteroatoms. The van der Waals surface area contributed by atoms with E-state index in [1.165, 1.54) is 43.8 Å². The Morgan fingerprint density at radius 3 is 2.17 bits per heavy atom. The number of hydrogen-bond donors (Lipinski definition) is 1. The quantitative estimate of drug-likeness (QED) is 0.268. The van der Waals surface area contributed by atoms with Gasteiger partial charge in [0.25, 0.3) is 0 Å². The molecule has 0 unspecified atom stereocenters. The molecule has 1 aromatic carbocycles. The first-order valence-corrected chi connectivity index (χ1v) is 12.6. The number of benzene rings is 1. The third-order valence-electron chi connectivity index (χ3n) is 7.09. The van der Waals surface area contributed by atoms with Gasteiger partial charge in [0.1, 0.15) is 0 Å². The minimum Gasteiger partial charge on any atom is -0.469 e. The van der Waals surface area contributed by atoms with Gasteiger partial charge in [-0.2, -0.15) is 31.4 Å². The smallest absolute Gasteiger partial charge is 0.435 e. The van der Waals surface area contributed by atoms with E-state index in [0.717, 1.165) is 25.4 Å². The Balaban J connectivity index is 1.53. The van der Waals surface area contributed by atoms with Crippen LogP contribution in [0.5, 0.6) is 0 Å². The summed E-state index contributed by atoms with van der Waals surface area (Å²) in [4.78, 5) is 29.2. The van der Waals surface area contributed by atoms with Crippen LogP contribution in [0.2, 0.25) is 0 Å². The molecule has 0 spiro atoms. The van der Waals surface area contributed by atoms with Gasteiger partial charge in [0, 0.05) is 24.8 Å². The van der Waals surface area contributed by atoms with Crippen LogP contribution in [0.25, 0.3) is 5.69 Å². The number of hydrogen-bond acceptors (Lipinski definition) is 6. The lowest BCUT2D eigenvalue weighted by molar-refractivity contribution is -0.191. The van der Waals surface area contributed by atoms with Crippen LogP contribution >= 0.6 is 0 Å². The minimum absolute atomic E-state index is 0.0720. The maximum atomic E-state index is 14.2. The number of alkyl halides is 6. The molecular formula is C27H27F6N5O3. The van der Waals surface area contributed by atoms with Gasteiger partial charge in [-0.05, 0) is 55.5 Å². The fraction of sp³-hybridized carbons (Fsp3) is 0.407. The Labute approximate surface area is 231 Å². The Morgan fingerprint density at radius 1 is 1.00 bits per heavy atom. The maximum absolute atomic E-state index is 14.2. The predicted molar refractivity (Wildman–Crippen MR) is 135 cm³/mol. The van der Waals surface area contributed by atoms with Crippen LogP contribution in [0.3, 0.4) is 0 Å². The second kappa shape index (κ2) is 11.8. The number of esters is 1. The Bertz CT molecular complexity index is 1350. The van der Waals surface area contributed by atoms with Crippen molar-refractivity contribution in [3.8, 4) is 5.69 Å². The number of aromatic nitrogens is 3. The van der Waals surface area contributed by atoms with E-state index < -0.39 is 47.6 Å². The zero-order valence-electron chi connectivity index (χ0n) is 22.0. The van der Waals surface area contributed by atoms with Gasteiger partial charge in [-0.15, -0.1) is 0 Å². The molecule has 41 heavy (non-hydrogen) atoms. The highest BCUT2D eigenvalue weighted by atomic mass is 19.4. The van der Waals surface area contributed by atoms with Crippen LogP contribution in [-0.4, -0.2) is 51.9 Å². The van der Waals surface area contributed by atoms with E-state index in [0.29, 0.717) is 22.4 Å². The summed E-state index contributed by atoms with van der Waals surface area (Å²) in [6.07, 6.45) is -4.88. The highest BCUT2D eigenvalue weighted by Gasteiger charge is 2.46. The molecule has 0 saturated heterocycles. The van der Waals surface area contributed by atoms with Crippen molar-refractivity contribution in [2.75, 3.05) is 19.5 Å². The number of rotatable bonds is 7.